The largest absolute Gasteiger partial charge is 0.489 e. The second-order valence-corrected chi connectivity index (χ2v) is 3.94. The minimum atomic E-state index is -4.38. The summed E-state index contributed by atoms with van der Waals surface area (Å²) in [4.78, 5) is 0. The van der Waals surface area contributed by atoms with Crippen molar-refractivity contribution >= 4 is 0 Å². The minimum Gasteiger partial charge on any atom is -0.489 e. The summed E-state index contributed by atoms with van der Waals surface area (Å²) in [6.07, 6.45) is -4.38. The third-order valence-corrected chi connectivity index (χ3v) is 2.46. The Bertz CT molecular complexity index is 563. The van der Waals surface area contributed by atoms with Crippen molar-refractivity contribution in [3.63, 3.8) is 0 Å². The van der Waals surface area contributed by atoms with Crippen LogP contribution in [0.1, 0.15) is 11.1 Å². The van der Waals surface area contributed by atoms with Crippen LogP contribution in [0.25, 0.3) is 0 Å². The first-order chi connectivity index (χ1) is 8.95. The van der Waals surface area contributed by atoms with Crippen molar-refractivity contribution in [3.05, 3.63) is 65.5 Å². The second kappa shape index (κ2) is 5.30. The van der Waals surface area contributed by atoms with E-state index in [0.717, 1.165) is 12.1 Å². The van der Waals surface area contributed by atoms with E-state index in [1.165, 1.54) is 36.4 Å². The maximum Gasteiger partial charge on any atom is 0.416 e. The Labute approximate surface area is 107 Å². The molecule has 0 aliphatic heterocycles. The molecule has 0 aliphatic carbocycles. The van der Waals surface area contributed by atoms with Crippen LogP contribution < -0.4 is 4.74 Å². The van der Waals surface area contributed by atoms with Crippen molar-refractivity contribution in [3.8, 4) is 5.75 Å². The fourth-order valence-corrected chi connectivity index (χ4v) is 1.56. The molecule has 2 rings (SSSR count). The van der Waals surface area contributed by atoms with Crippen LogP contribution in [0.5, 0.6) is 5.75 Å². The zero-order valence-corrected chi connectivity index (χ0v) is 9.75. The summed E-state index contributed by atoms with van der Waals surface area (Å²) in [5.74, 6) is -0.182. The van der Waals surface area contributed by atoms with E-state index in [9.17, 15) is 17.6 Å². The first kappa shape index (κ1) is 13.4. The Morgan fingerprint density at radius 2 is 1.68 bits per heavy atom. The number of alkyl halides is 3. The van der Waals surface area contributed by atoms with E-state index in [1.807, 2.05) is 0 Å². The molecule has 0 spiro atoms. The van der Waals surface area contributed by atoms with Gasteiger partial charge in [0.2, 0.25) is 0 Å². The maximum absolute atomic E-state index is 12.9. The lowest BCUT2D eigenvalue weighted by Crippen LogP contribution is -2.06. The monoisotopic (exact) mass is 270 g/mol. The van der Waals surface area contributed by atoms with Gasteiger partial charge in [-0.05, 0) is 29.8 Å². The molecule has 100 valence electrons. The second-order valence-electron chi connectivity index (χ2n) is 3.94. The average Bonchev–Trinajstić information content (AvgIpc) is 2.36. The molecular formula is C14H10F4O. The minimum absolute atomic E-state index is 0.0482. The number of halogens is 4. The summed E-state index contributed by atoms with van der Waals surface area (Å²) in [5, 5.41) is 0. The van der Waals surface area contributed by atoms with Gasteiger partial charge in [-0.1, -0.05) is 18.2 Å². The molecule has 2 aromatic carbocycles. The topological polar surface area (TPSA) is 9.23 Å². The highest BCUT2D eigenvalue weighted by Gasteiger charge is 2.30. The van der Waals surface area contributed by atoms with Gasteiger partial charge in [-0.15, -0.1) is 0 Å². The summed E-state index contributed by atoms with van der Waals surface area (Å²) >= 11 is 0. The van der Waals surface area contributed by atoms with Gasteiger partial charge in [0, 0.05) is 6.07 Å². The molecular weight excluding hydrogens is 260 g/mol. The van der Waals surface area contributed by atoms with Crippen molar-refractivity contribution in [2.24, 2.45) is 0 Å². The molecule has 0 aromatic heterocycles. The molecule has 0 unspecified atom stereocenters. The van der Waals surface area contributed by atoms with Crippen LogP contribution in [-0.2, 0) is 12.8 Å². The number of hydrogen-bond donors (Lipinski definition) is 0. The quantitative estimate of drug-likeness (QED) is 0.750. The summed E-state index contributed by atoms with van der Waals surface area (Å²) in [5.41, 5.74) is -0.355. The molecule has 0 heterocycles. The highest BCUT2D eigenvalue weighted by Crippen LogP contribution is 2.29. The Kier molecular flexibility index (Phi) is 3.74. The molecule has 19 heavy (non-hydrogen) atoms. The number of ether oxygens (including phenoxy) is 1. The van der Waals surface area contributed by atoms with Gasteiger partial charge in [-0.3, -0.25) is 0 Å². The first-order valence-electron chi connectivity index (χ1n) is 5.50. The third kappa shape index (κ3) is 3.71. The molecule has 0 atom stereocenters. The molecule has 0 N–H and O–H groups in total. The summed E-state index contributed by atoms with van der Waals surface area (Å²) in [7, 11) is 0. The summed E-state index contributed by atoms with van der Waals surface area (Å²) < 4.78 is 55.6. The number of hydrogen-bond acceptors (Lipinski definition) is 1. The predicted octanol–water partition coefficient (Wildman–Crippen LogP) is 4.42. The Morgan fingerprint density at radius 1 is 0.947 bits per heavy atom. The van der Waals surface area contributed by atoms with Crippen LogP contribution in [0.4, 0.5) is 17.6 Å². The van der Waals surface area contributed by atoms with Crippen molar-refractivity contribution < 1.29 is 22.3 Å². The fourth-order valence-electron chi connectivity index (χ4n) is 1.56. The normalized spacial score (nSPS) is 11.4. The van der Waals surface area contributed by atoms with Gasteiger partial charge in [-0.25, -0.2) is 4.39 Å². The smallest absolute Gasteiger partial charge is 0.416 e. The van der Waals surface area contributed by atoms with Crippen molar-refractivity contribution in [2.75, 3.05) is 0 Å². The maximum atomic E-state index is 12.9. The lowest BCUT2D eigenvalue weighted by atomic mass is 10.1. The lowest BCUT2D eigenvalue weighted by molar-refractivity contribution is -0.137. The van der Waals surface area contributed by atoms with Gasteiger partial charge in [0.1, 0.15) is 18.2 Å². The predicted molar refractivity (Wildman–Crippen MR) is 62.2 cm³/mol. The Hall–Kier alpha value is -2.04. The van der Waals surface area contributed by atoms with Crippen molar-refractivity contribution in [2.45, 2.75) is 12.8 Å². The van der Waals surface area contributed by atoms with Crippen LogP contribution in [0.2, 0.25) is 0 Å². The molecule has 0 radical (unpaired) electrons. The zero-order valence-electron chi connectivity index (χ0n) is 9.75. The van der Waals surface area contributed by atoms with Gasteiger partial charge in [0.05, 0.1) is 5.56 Å². The summed E-state index contributed by atoms with van der Waals surface area (Å²) in [6, 6.07) is 10.3. The molecule has 0 saturated heterocycles. The number of rotatable bonds is 3. The molecule has 0 bridgehead atoms. The Morgan fingerprint density at radius 3 is 2.37 bits per heavy atom. The van der Waals surface area contributed by atoms with Crippen LogP contribution in [0, 0.1) is 5.82 Å². The molecule has 0 amide bonds. The van der Waals surface area contributed by atoms with Gasteiger partial charge in [-0.2, -0.15) is 13.2 Å². The molecule has 5 heteroatoms. The van der Waals surface area contributed by atoms with Gasteiger partial charge in [0.15, 0.2) is 0 Å². The van der Waals surface area contributed by atoms with Crippen LogP contribution in [0.3, 0.4) is 0 Å². The molecule has 0 fully saturated rings. The SMILES string of the molecule is Fc1cccc(OCc2cccc(C(F)(F)F)c2)c1. The molecule has 0 saturated carbocycles. The standard InChI is InChI=1S/C14H10F4O/c15-12-5-2-6-13(8-12)19-9-10-3-1-4-11(7-10)14(16,17)18/h1-8H,9H2. The highest BCUT2D eigenvalue weighted by molar-refractivity contribution is 5.27. The van der Waals surface area contributed by atoms with E-state index in [4.69, 9.17) is 4.74 Å². The zero-order chi connectivity index (χ0) is 13.9. The summed E-state index contributed by atoms with van der Waals surface area (Å²) in [6.45, 7) is -0.0482. The van der Waals surface area contributed by atoms with Crippen LogP contribution in [0.15, 0.2) is 48.5 Å². The average molecular weight is 270 g/mol. The van der Waals surface area contributed by atoms with E-state index < -0.39 is 17.6 Å². The molecule has 0 aliphatic rings. The van der Waals surface area contributed by atoms with Crippen LogP contribution >= 0.6 is 0 Å². The van der Waals surface area contributed by atoms with E-state index >= 15 is 0 Å². The lowest BCUT2D eigenvalue weighted by Gasteiger charge is -2.10. The van der Waals surface area contributed by atoms with E-state index in [1.54, 1.807) is 0 Å². The highest BCUT2D eigenvalue weighted by atomic mass is 19.4. The first-order valence-corrected chi connectivity index (χ1v) is 5.50. The van der Waals surface area contributed by atoms with Crippen molar-refractivity contribution in [1.82, 2.24) is 0 Å². The van der Waals surface area contributed by atoms with E-state index in [2.05, 4.69) is 0 Å². The van der Waals surface area contributed by atoms with Crippen molar-refractivity contribution in [1.29, 1.82) is 0 Å². The molecule has 1 nitrogen and oxygen atoms in total. The van der Waals surface area contributed by atoms with E-state index in [0.29, 0.717) is 5.56 Å². The van der Waals surface area contributed by atoms with E-state index in [-0.39, 0.29) is 12.4 Å². The van der Waals surface area contributed by atoms with Gasteiger partial charge in [0.25, 0.3) is 0 Å². The third-order valence-electron chi connectivity index (χ3n) is 2.46. The van der Waals surface area contributed by atoms with Gasteiger partial charge < -0.3 is 4.74 Å². The molecule has 2 aromatic rings. The Balaban J connectivity index is 2.08. The van der Waals surface area contributed by atoms with Crippen LogP contribution in [-0.4, -0.2) is 0 Å². The fraction of sp³-hybridized carbons (Fsp3) is 0.143. The van der Waals surface area contributed by atoms with Gasteiger partial charge >= 0.3 is 6.18 Å². The number of benzene rings is 2.